The summed E-state index contributed by atoms with van der Waals surface area (Å²) in [6.45, 7) is 1.21. The highest BCUT2D eigenvalue weighted by molar-refractivity contribution is 6.31. The van der Waals surface area contributed by atoms with Crippen LogP contribution in [0.5, 0.6) is 0 Å². The first kappa shape index (κ1) is 16.8. The number of hydrogen-bond acceptors (Lipinski definition) is 4. The Morgan fingerprint density at radius 2 is 1.96 bits per heavy atom. The van der Waals surface area contributed by atoms with Crippen LogP contribution in [-0.4, -0.2) is 38.8 Å². The summed E-state index contributed by atoms with van der Waals surface area (Å²) in [6.07, 6.45) is 5.70. The Hall–Kier alpha value is -2.60. The van der Waals surface area contributed by atoms with Crippen molar-refractivity contribution in [3.8, 4) is 0 Å². The van der Waals surface area contributed by atoms with Crippen LogP contribution in [0.1, 0.15) is 34.8 Å². The van der Waals surface area contributed by atoms with Gasteiger partial charge in [0.2, 0.25) is 0 Å². The van der Waals surface area contributed by atoms with Crippen molar-refractivity contribution >= 4 is 28.5 Å². The highest BCUT2D eigenvalue weighted by Gasteiger charge is 2.25. The number of carbonyl (C=O) groups is 1. The van der Waals surface area contributed by atoms with Gasteiger partial charge in [-0.2, -0.15) is 0 Å². The number of fused-ring (bicyclic) bond motifs is 1. The van der Waals surface area contributed by atoms with Crippen LogP contribution in [0.4, 0.5) is 4.39 Å². The molecule has 5 nitrogen and oxygen atoms in total. The summed E-state index contributed by atoms with van der Waals surface area (Å²) in [6, 6.07) is 7.05. The van der Waals surface area contributed by atoms with Gasteiger partial charge in [-0.25, -0.2) is 14.4 Å². The summed E-state index contributed by atoms with van der Waals surface area (Å²) >= 11 is 5.96. The maximum Gasteiger partial charge on any atom is 0.255 e. The number of likely N-dealkylation sites (tertiary alicyclic amines) is 1. The van der Waals surface area contributed by atoms with E-state index >= 15 is 0 Å². The van der Waals surface area contributed by atoms with Crippen LogP contribution in [0.3, 0.4) is 0 Å². The Morgan fingerprint density at radius 1 is 1.15 bits per heavy atom. The third-order valence-electron chi connectivity index (χ3n) is 4.68. The number of pyridine rings is 3. The lowest BCUT2D eigenvalue weighted by molar-refractivity contribution is 0.0711. The normalized spacial score (nSPS) is 15.4. The molecule has 0 unspecified atom stereocenters. The van der Waals surface area contributed by atoms with E-state index in [0.717, 1.165) is 30.1 Å². The van der Waals surface area contributed by atoms with E-state index in [2.05, 4.69) is 15.0 Å². The van der Waals surface area contributed by atoms with E-state index in [0.29, 0.717) is 23.8 Å². The largest absolute Gasteiger partial charge is 0.339 e. The third kappa shape index (κ3) is 3.37. The van der Waals surface area contributed by atoms with Gasteiger partial charge in [-0.3, -0.25) is 9.78 Å². The Balaban J connectivity index is 1.46. The Labute approximate surface area is 154 Å². The highest BCUT2D eigenvalue weighted by atomic mass is 35.5. The molecule has 1 saturated heterocycles. The van der Waals surface area contributed by atoms with E-state index in [-0.39, 0.29) is 17.4 Å². The predicted octanol–water partition coefficient (Wildman–Crippen LogP) is 3.84. The van der Waals surface area contributed by atoms with Crippen molar-refractivity contribution in [3.05, 3.63) is 65.0 Å². The highest BCUT2D eigenvalue weighted by Crippen LogP contribution is 2.29. The van der Waals surface area contributed by atoms with Gasteiger partial charge in [0, 0.05) is 42.5 Å². The third-order valence-corrected chi connectivity index (χ3v) is 4.89. The maximum absolute atomic E-state index is 13.3. The van der Waals surface area contributed by atoms with Crippen molar-refractivity contribution in [2.75, 3.05) is 13.1 Å². The maximum atomic E-state index is 13.3. The van der Waals surface area contributed by atoms with Crippen molar-refractivity contribution < 1.29 is 9.18 Å². The molecule has 0 radical (unpaired) electrons. The molecule has 1 aliphatic heterocycles. The van der Waals surface area contributed by atoms with Gasteiger partial charge >= 0.3 is 0 Å². The standard InChI is InChI=1S/C19H16ClFN4O/c20-15-7-13-1-2-17(24-18(13)23-10-15)12-3-5-25(6-4-12)19(26)14-8-16(21)11-22-9-14/h1-2,7-12H,3-6H2. The van der Waals surface area contributed by atoms with Crippen molar-refractivity contribution in [2.45, 2.75) is 18.8 Å². The van der Waals surface area contributed by atoms with Gasteiger partial charge in [-0.05, 0) is 37.1 Å². The van der Waals surface area contributed by atoms with Crippen LogP contribution in [0.15, 0.2) is 42.9 Å². The first-order valence-electron chi connectivity index (χ1n) is 8.42. The summed E-state index contributed by atoms with van der Waals surface area (Å²) in [4.78, 5) is 26.9. The monoisotopic (exact) mass is 370 g/mol. The molecule has 0 aliphatic carbocycles. The zero-order valence-corrected chi connectivity index (χ0v) is 14.7. The van der Waals surface area contributed by atoms with Gasteiger partial charge in [0.25, 0.3) is 5.91 Å². The SMILES string of the molecule is O=C(c1cncc(F)c1)N1CCC(c2ccc3cc(Cl)cnc3n2)CC1. The van der Waals surface area contributed by atoms with Crippen LogP contribution in [0.25, 0.3) is 11.0 Å². The van der Waals surface area contributed by atoms with Gasteiger partial charge in [0.05, 0.1) is 16.8 Å². The molecule has 3 aromatic rings. The van der Waals surface area contributed by atoms with Crippen molar-refractivity contribution in [3.63, 3.8) is 0 Å². The zero-order chi connectivity index (χ0) is 18.1. The fraction of sp³-hybridized carbons (Fsp3) is 0.263. The lowest BCUT2D eigenvalue weighted by Crippen LogP contribution is -2.38. The van der Waals surface area contributed by atoms with Gasteiger partial charge in [0.1, 0.15) is 5.82 Å². The second-order valence-corrected chi connectivity index (χ2v) is 6.83. The van der Waals surface area contributed by atoms with E-state index in [1.807, 2.05) is 18.2 Å². The molecule has 0 bridgehead atoms. The molecule has 0 aromatic carbocycles. The predicted molar refractivity (Wildman–Crippen MR) is 96.6 cm³/mol. The minimum Gasteiger partial charge on any atom is -0.339 e. The lowest BCUT2D eigenvalue weighted by Gasteiger charge is -2.31. The number of piperidine rings is 1. The molecule has 1 fully saturated rings. The van der Waals surface area contributed by atoms with Crippen LogP contribution in [0, 0.1) is 5.82 Å². The molecule has 3 aromatic heterocycles. The van der Waals surface area contributed by atoms with E-state index < -0.39 is 5.82 Å². The number of halogens is 2. The molecular weight excluding hydrogens is 355 g/mol. The van der Waals surface area contributed by atoms with Gasteiger partial charge in [-0.15, -0.1) is 0 Å². The molecule has 132 valence electrons. The smallest absolute Gasteiger partial charge is 0.255 e. The van der Waals surface area contributed by atoms with Crippen LogP contribution in [0.2, 0.25) is 5.02 Å². The van der Waals surface area contributed by atoms with E-state index in [4.69, 9.17) is 11.6 Å². The molecule has 0 spiro atoms. The van der Waals surface area contributed by atoms with Crippen molar-refractivity contribution in [1.82, 2.24) is 19.9 Å². The van der Waals surface area contributed by atoms with E-state index in [9.17, 15) is 9.18 Å². The molecule has 0 saturated carbocycles. The first-order chi connectivity index (χ1) is 12.6. The molecule has 4 heterocycles. The van der Waals surface area contributed by atoms with Gasteiger partial charge in [-0.1, -0.05) is 11.6 Å². The number of hydrogen-bond donors (Lipinski definition) is 0. The molecule has 1 aliphatic rings. The van der Waals surface area contributed by atoms with Gasteiger partial charge < -0.3 is 4.90 Å². The lowest BCUT2D eigenvalue weighted by atomic mass is 9.92. The second kappa shape index (κ2) is 6.96. The summed E-state index contributed by atoms with van der Waals surface area (Å²) < 4.78 is 13.3. The fourth-order valence-electron chi connectivity index (χ4n) is 3.32. The quantitative estimate of drug-likeness (QED) is 0.687. The first-order valence-corrected chi connectivity index (χ1v) is 8.80. The van der Waals surface area contributed by atoms with E-state index in [1.165, 1.54) is 12.3 Å². The molecule has 26 heavy (non-hydrogen) atoms. The zero-order valence-electron chi connectivity index (χ0n) is 13.9. The molecular formula is C19H16ClFN4O. The summed E-state index contributed by atoms with van der Waals surface area (Å²) in [7, 11) is 0. The van der Waals surface area contributed by atoms with Crippen LogP contribution >= 0.6 is 11.6 Å². The number of aromatic nitrogens is 3. The molecule has 7 heteroatoms. The fourth-order valence-corrected chi connectivity index (χ4v) is 3.48. The number of rotatable bonds is 2. The molecule has 1 amide bonds. The number of carbonyl (C=O) groups excluding carboxylic acids is 1. The number of amides is 1. The topological polar surface area (TPSA) is 59.0 Å². The Bertz CT molecular complexity index is 973. The molecule has 4 rings (SSSR count). The number of nitrogens with zero attached hydrogens (tertiary/aromatic N) is 4. The van der Waals surface area contributed by atoms with Crippen LogP contribution < -0.4 is 0 Å². The van der Waals surface area contributed by atoms with Crippen molar-refractivity contribution in [2.24, 2.45) is 0 Å². The van der Waals surface area contributed by atoms with E-state index in [1.54, 1.807) is 11.1 Å². The average Bonchev–Trinajstić information content (AvgIpc) is 2.67. The Kier molecular flexibility index (Phi) is 4.51. The second-order valence-electron chi connectivity index (χ2n) is 6.39. The van der Waals surface area contributed by atoms with Crippen LogP contribution in [-0.2, 0) is 0 Å². The van der Waals surface area contributed by atoms with Gasteiger partial charge in [0.15, 0.2) is 5.65 Å². The molecule has 0 N–H and O–H groups in total. The summed E-state index contributed by atoms with van der Waals surface area (Å²) in [5.41, 5.74) is 1.94. The summed E-state index contributed by atoms with van der Waals surface area (Å²) in [5.74, 6) is -0.413. The van der Waals surface area contributed by atoms with Crippen molar-refractivity contribution in [1.29, 1.82) is 0 Å². The Morgan fingerprint density at radius 3 is 2.73 bits per heavy atom. The minimum absolute atomic E-state index is 0.182. The summed E-state index contributed by atoms with van der Waals surface area (Å²) in [5, 5.41) is 1.50. The average molecular weight is 371 g/mol. The minimum atomic E-state index is -0.501. The molecule has 0 atom stereocenters.